The number of aromatic nitrogens is 4. The van der Waals surface area contributed by atoms with Gasteiger partial charge in [-0.05, 0) is 37.8 Å². The van der Waals surface area contributed by atoms with Crippen LogP contribution in [-0.2, 0) is 28.0 Å². The zero-order valence-electron chi connectivity index (χ0n) is 17.9. The number of amides is 1. The summed E-state index contributed by atoms with van der Waals surface area (Å²) in [6.45, 7) is 2.06. The number of nitrogens with one attached hydrogen (secondary N) is 1. The van der Waals surface area contributed by atoms with Crippen LogP contribution in [0.3, 0.4) is 0 Å². The highest BCUT2D eigenvalue weighted by Gasteiger charge is 2.35. The molecule has 3 aromatic rings. The normalized spacial score (nSPS) is 15.7. The van der Waals surface area contributed by atoms with Crippen molar-refractivity contribution in [1.29, 1.82) is 0 Å². The van der Waals surface area contributed by atoms with Crippen LogP contribution < -0.4 is 10.5 Å². The van der Waals surface area contributed by atoms with Gasteiger partial charge in [-0.1, -0.05) is 0 Å². The van der Waals surface area contributed by atoms with Crippen molar-refractivity contribution in [2.75, 3.05) is 12.3 Å². The number of halogens is 3. The molecule has 4 rings (SSSR count). The molecule has 3 aromatic heterocycles. The second kappa shape index (κ2) is 8.13. The Hall–Kier alpha value is -2.93. The molecule has 178 valence electrons. The van der Waals surface area contributed by atoms with Gasteiger partial charge in [0.2, 0.25) is 15.9 Å². The van der Waals surface area contributed by atoms with Gasteiger partial charge in [0.15, 0.2) is 0 Å². The van der Waals surface area contributed by atoms with Gasteiger partial charge in [0.1, 0.15) is 11.5 Å². The van der Waals surface area contributed by atoms with E-state index >= 15 is 0 Å². The maximum atomic E-state index is 13.1. The number of nitrogens with two attached hydrogens (primary N) is 1. The third-order valence-corrected chi connectivity index (χ3v) is 6.44. The van der Waals surface area contributed by atoms with Crippen LogP contribution in [0.2, 0.25) is 0 Å². The number of hydrogen-bond acceptors (Lipinski definition) is 5. The van der Waals surface area contributed by atoms with Crippen molar-refractivity contribution in [3.8, 4) is 5.82 Å². The summed E-state index contributed by atoms with van der Waals surface area (Å²) in [6.07, 6.45) is -0.311. The summed E-state index contributed by atoms with van der Waals surface area (Å²) in [7, 11) is -2.45. The minimum atomic E-state index is -4.54. The average Bonchev–Trinajstić information content (AvgIpc) is 3.37. The summed E-state index contributed by atoms with van der Waals surface area (Å²) in [5.41, 5.74) is 0.0382. The molecule has 3 N–H and O–H groups in total. The predicted molar refractivity (Wildman–Crippen MR) is 114 cm³/mol. The lowest BCUT2D eigenvalue weighted by atomic mass is 9.99. The van der Waals surface area contributed by atoms with Gasteiger partial charge in [-0.2, -0.15) is 18.3 Å². The van der Waals surface area contributed by atoms with Crippen LogP contribution in [0.25, 0.3) is 16.9 Å². The molecule has 1 saturated carbocycles. The lowest BCUT2D eigenvalue weighted by Gasteiger charge is -2.18. The van der Waals surface area contributed by atoms with Crippen molar-refractivity contribution in [2.24, 2.45) is 18.1 Å². The quantitative estimate of drug-likeness (QED) is 0.531. The molecule has 1 aliphatic rings. The Kier molecular flexibility index (Phi) is 5.73. The number of carbonyl (C=O) groups is 1. The number of alkyl halides is 3. The number of pyridine rings is 1. The molecule has 0 aliphatic heterocycles. The first-order chi connectivity index (χ1) is 15.3. The molecule has 0 radical (unpaired) electrons. The van der Waals surface area contributed by atoms with Gasteiger partial charge in [-0.25, -0.2) is 18.5 Å². The standard InChI is InChI=1S/C20H23F3N6O3S/c1-11-16(15(10-33(24,31)32)18(30)26-8-12-3-4-12)19(28(2)27-11)29-6-5-13-7-14(20(21,22)23)9-25-17(13)29/h5-7,9,12,15H,3-4,8,10H2,1-2H3,(H,26,30)(H2,24,31,32). The van der Waals surface area contributed by atoms with Gasteiger partial charge < -0.3 is 5.32 Å². The highest BCUT2D eigenvalue weighted by Crippen LogP contribution is 2.34. The van der Waals surface area contributed by atoms with Crippen LogP contribution in [-0.4, -0.2) is 46.0 Å². The zero-order valence-corrected chi connectivity index (χ0v) is 18.7. The van der Waals surface area contributed by atoms with Crippen LogP contribution >= 0.6 is 0 Å². The SMILES string of the molecule is Cc1nn(C)c(-n2ccc3cc(C(F)(F)F)cnc32)c1C(CS(N)(=O)=O)C(=O)NCC1CC1. The number of rotatable bonds is 7. The molecule has 33 heavy (non-hydrogen) atoms. The van der Waals surface area contributed by atoms with E-state index in [1.807, 2.05) is 0 Å². The van der Waals surface area contributed by atoms with E-state index in [0.29, 0.717) is 29.5 Å². The first-order valence-electron chi connectivity index (χ1n) is 10.2. The largest absolute Gasteiger partial charge is 0.417 e. The number of nitrogens with zero attached hydrogens (tertiary/aromatic N) is 4. The number of carbonyl (C=O) groups excluding carboxylic acids is 1. The molecule has 3 heterocycles. The van der Waals surface area contributed by atoms with Crippen molar-refractivity contribution in [3.05, 3.63) is 41.3 Å². The Morgan fingerprint density at radius 2 is 2.06 bits per heavy atom. The summed E-state index contributed by atoms with van der Waals surface area (Å²) in [4.78, 5) is 17.0. The van der Waals surface area contributed by atoms with Crippen LogP contribution in [0.5, 0.6) is 0 Å². The Morgan fingerprint density at radius 3 is 2.67 bits per heavy atom. The van der Waals surface area contributed by atoms with E-state index < -0.39 is 39.3 Å². The molecule has 1 amide bonds. The molecule has 13 heteroatoms. The molecule has 1 aliphatic carbocycles. The third kappa shape index (κ3) is 4.88. The number of primary sulfonamides is 1. The van der Waals surface area contributed by atoms with Gasteiger partial charge in [0.05, 0.1) is 22.9 Å². The van der Waals surface area contributed by atoms with Crippen LogP contribution in [0.15, 0.2) is 24.5 Å². The predicted octanol–water partition coefficient (Wildman–Crippen LogP) is 1.98. The van der Waals surface area contributed by atoms with E-state index in [1.54, 1.807) is 14.0 Å². The fourth-order valence-corrected chi connectivity index (χ4v) is 4.70. The lowest BCUT2D eigenvalue weighted by molar-refractivity contribution is -0.137. The van der Waals surface area contributed by atoms with Crippen molar-refractivity contribution in [2.45, 2.75) is 31.9 Å². The number of sulfonamides is 1. The molecule has 0 bridgehead atoms. The molecule has 1 unspecified atom stereocenters. The Bertz CT molecular complexity index is 1320. The molecule has 1 atom stereocenters. The maximum absolute atomic E-state index is 13.1. The van der Waals surface area contributed by atoms with Crippen molar-refractivity contribution >= 4 is 27.0 Å². The highest BCUT2D eigenvalue weighted by atomic mass is 32.2. The van der Waals surface area contributed by atoms with Crippen LogP contribution in [0, 0.1) is 12.8 Å². The molecule has 1 fully saturated rings. The topological polar surface area (TPSA) is 125 Å². The number of aryl methyl sites for hydroxylation is 2. The summed E-state index contributed by atoms with van der Waals surface area (Å²) in [5, 5.41) is 12.7. The first kappa shape index (κ1) is 23.2. The van der Waals surface area contributed by atoms with Crippen molar-refractivity contribution in [1.82, 2.24) is 24.6 Å². The van der Waals surface area contributed by atoms with Crippen molar-refractivity contribution < 1.29 is 26.4 Å². The van der Waals surface area contributed by atoms with E-state index in [2.05, 4.69) is 15.4 Å². The molecular weight excluding hydrogens is 461 g/mol. The summed E-state index contributed by atoms with van der Waals surface area (Å²) in [6, 6.07) is 2.44. The molecule has 0 aromatic carbocycles. The van der Waals surface area contributed by atoms with Crippen molar-refractivity contribution in [3.63, 3.8) is 0 Å². The smallest absolute Gasteiger partial charge is 0.355 e. The van der Waals surface area contributed by atoms with E-state index in [-0.39, 0.29) is 11.0 Å². The fourth-order valence-electron chi connectivity index (χ4n) is 3.92. The summed E-state index contributed by atoms with van der Waals surface area (Å²) < 4.78 is 66.1. The first-order valence-corrected chi connectivity index (χ1v) is 11.9. The van der Waals surface area contributed by atoms with Gasteiger partial charge in [-0.3, -0.25) is 14.0 Å². The number of fused-ring (bicyclic) bond motifs is 1. The van der Waals surface area contributed by atoms with E-state index in [9.17, 15) is 26.4 Å². The molecular formula is C20H23F3N6O3S. The minimum absolute atomic E-state index is 0.208. The monoisotopic (exact) mass is 484 g/mol. The van der Waals surface area contributed by atoms with Gasteiger partial charge in [0, 0.05) is 36.9 Å². The maximum Gasteiger partial charge on any atom is 0.417 e. The number of hydrogen-bond donors (Lipinski definition) is 2. The molecule has 0 spiro atoms. The molecule has 9 nitrogen and oxygen atoms in total. The zero-order chi connectivity index (χ0) is 24.1. The Balaban J connectivity index is 1.82. The average molecular weight is 485 g/mol. The van der Waals surface area contributed by atoms with E-state index in [1.165, 1.54) is 21.5 Å². The van der Waals surface area contributed by atoms with E-state index in [4.69, 9.17) is 5.14 Å². The van der Waals surface area contributed by atoms with Gasteiger partial charge in [0.25, 0.3) is 0 Å². The lowest BCUT2D eigenvalue weighted by Crippen LogP contribution is -2.36. The van der Waals surface area contributed by atoms with Crippen LogP contribution in [0.4, 0.5) is 13.2 Å². The fraction of sp³-hybridized carbons (Fsp3) is 0.450. The Labute approximate surface area is 187 Å². The second-order valence-corrected chi connectivity index (χ2v) is 10.00. The third-order valence-electron chi connectivity index (χ3n) is 5.65. The summed E-state index contributed by atoms with van der Waals surface area (Å²) >= 11 is 0. The molecule has 0 saturated heterocycles. The highest BCUT2D eigenvalue weighted by molar-refractivity contribution is 7.89. The van der Waals surface area contributed by atoms with Crippen LogP contribution in [0.1, 0.15) is 35.6 Å². The summed E-state index contributed by atoms with van der Waals surface area (Å²) in [5.74, 6) is -1.61. The van der Waals surface area contributed by atoms with Gasteiger partial charge in [-0.15, -0.1) is 0 Å². The minimum Gasteiger partial charge on any atom is -0.355 e. The van der Waals surface area contributed by atoms with Gasteiger partial charge >= 0.3 is 6.18 Å². The second-order valence-electron chi connectivity index (χ2n) is 8.34. The van der Waals surface area contributed by atoms with E-state index in [0.717, 1.165) is 25.1 Å². The Morgan fingerprint density at radius 1 is 1.36 bits per heavy atom.